The second kappa shape index (κ2) is 4.19. The summed E-state index contributed by atoms with van der Waals surface area (Å²) in [7, 11) is 0. The SMILES string of the molecule is CCC(C1CC1)N1CCC(C(C)N)C1. The van der Waals surface area contributed by atoms with E-state index in [1.54, 1.807) is 0 Å². The van der Waals surface area contributed by atoms with E-state index in [-0.39, 0.29) is 0 Å². The molecule has 0 amide bonds. The number of nitrogens with two attached hydrogens (primary N) is 1. The minimum absolute atomic E-state index is 0.386. The highest BCUT2D eigenvalue weighted by molar-refractivity contribution is 4.92. The normalized spacial score (nSPS) is 33.2. The van der Waals surface area contributed by atoms with Gasteiger partial charge in [0.25, 0.3) is 0 Å². The van der Waals surface area contributed by atoms with Crippen LogP contribution in [-0.2, 0) is 0 Å². The van der Waals surface area contributed by atoms with E-state index in [9.17, 15) is 0 Å². The summed E-state index contributed by atoms with van der Waals surface area (Å²) < 4.78 is 0. The second-order valence-corrected chi connectivity index (χ2v) is 5.22. The first-order valence-corrected chi connectivity index (χ1v) is 6.22. The van der Waals surface area contributed by atoms with Crippen molar-refractivity contribution in [2.45, 2.75) is 51.6 Å². The van der Waals surface area contributed by atoms with Crippen LogP contribution < -0.4 is 5.73 Å². The first kappa shape index (κ1) is 10.4. The quantitative estimate of drug-likeness (QED) is 0.743. The fraction of sp³-hybridized carbons (Fsp3) is 1.00. The molecule has 1 saturated heterocycles. The van der Waals surface area contributed by atoms with Crippen LogP contribution in [0, 0.1) is 11.8 Å². The Balaban J connectivity index is 1.86. The second-order valence-electron chi connectivity index (χ2n) is 5.22. The van der Waals surface area contributed by atoms with Gasteiger partial charge in [-0.05, 0) is 51.0 Å². The smallest absolute Gasteiger partial charge is 0.0121 e. The zero-order valence-corrected chi connectivity index (χ0v) is 9.58. The molecule has 2 fully saturated rings. The highest BCUT2D eigenvalue weighted by Crippen LogP contribution is 2.38. The third-order valence-corrected chi connectivity index (χ3v) is 4.05. The van der Waals surface area contributed by atoms with Crippen molar-refractivity contribution in [3.8, 4) is 0 Å². The lowest BCUT2D eigenvalue weighted by Crippen LogP contribution is -2.36. The van der Waals surface area contributed by atoms with Crippen LogP contribution in [0.25, 0.3) is 0 Å². The molecule has 2 rings (SSSR count). The van der Waals surface area contributed by atoms with E-state index >= 15 is 0 Å². The Kier molecular flexibility index (Phi) is 3.13. The number of rotatable bonds is 4. The van der Waals surface area contributed by atoms with E-state index in [0.29, 0.717) is 6.04 Å². The van der Waals surface area contributed by atoms with E-state index in [1.165, 1.54) is 38.8 Å². The molecule has 0 aromatic carbocycles. The van der Waals surface area contributed by atoms with E-state index < -0.39 is 0 Å². The molecule has 82 valence electrons. The van der Waals surface area contributed by atoms with Gasteiger partial charge in [-0.3, -0.25) is 4.90 Å². The van der Waals surface area contributed by atoms with E-state index in [4.69, 9.17) is 5.73 Å². The lowest BCUT2D eigenvalue weighted by atomic mass is 10.0. The molecule has 2 N–H and O–H groups in total. The molecule has 1 aliphatic carbocycles. The highest BCUT2D eigenvalue weighted by Gasteiger charge is 2.37. The van der Waals surface area contributed by atoms with Crippen LogP contribution in [-0.4, -0.2) is 30.1 Å². The Hall–Kier alpha value is -0.0800. The molecule has 14 heavy (non-hydrogen) atoms. The largest absolute Gasteiger partial charge is 0.328 e. The maximum absolute atomic E-state index is 5.97. The van der Waals surface area contributed by atoms with Gasteiger partial charge >= 0.3 is 0 Å². The molecule has 2 aliphatic rings. The third-order valence-electron chi connectivity index (χ3n) is 4.05. The Morgan fingerprint density at radius 3 is 2.43 bits per heavy atom. The van der Waals surface area contributed by atoms with Crippen LogP contribution in [0.5, 0.6) is 0 Å². The predicted molar refractivity (Wildman–Crippen MR) is 60.1 cm³/mol. The number of likely N-dealkylation sites (tertiary alicyclic amines) is 1. The Labute approximate surface area is 87.8 Å². The van der Waals surface area contributed by atoms with E-state index in [1.807, 2.05) is 0 Å². The topological polar surface area (TPSA) is 29.3 Å². The lowest BCUT2D eigenvalue weighted by Gasteiger charge is -2.27. The average molecular weight is 196 g/mol. The van der Waals surface area contributed by atoms with Crippen LogP contribution in [0.4, 0.5) is 0 Å². The highest BCUT2D eigenvalue weighted by atomic mass is 15.2. The molecule has 1 aliphatic heterocycles. The van der Waals surface area contributed by atoms with Crippen molar-refractivity contribution in [2.24, 2.45) is 17.6 Å². The van der Waals surface area contributed by atoms with Crippen LogP contribution in [0.3, 0.4) is 0 Å². The maximum Gasteiger partial charge on any atom is 0.0121 e. The summed E-state index contributed by atoms with van der Waals surface area (Å²) >= 11 is 0. The Morgan fingerprint density at radius 1 is 1.29 bits per heavy atom. The van der Waals surface area contributed by atoms with Gasteiger partial charge in [-0.25, -0.2) is 0 Å². The summed E-state index contributed by atoms with van der Waals surface area (Å²) in [4.78, 5) is 2.70. The van der Waals surface area contributed by atoms with Gasteiger partial charge < -0.3 is 5.73 Å². The summed E-state index contributed by atoms with van der Waals surface area (Å²) in [6, 6.07) is 1.26. The molecule has 0 spiro atoms. The first-order chi connectivity index (χ1) is 6.72. The van der Waals surface area contributed by atoms with Gasteiger partial charge in [-0.15, -0.1) is 0 Å². The molecule has 2 nitrogen and oxygen atoms in total. The molecular formula is C12H24N2. The molecule has 3 atom stereocenters. The van der Waals surface area contributed by atoms with Crippen molar-refractivity contribution < 1.29 is 0 Å². The van der Waals surface area contributed by atoms with Gasteiger partial charge in [-0.2, -0.15) is 0 Å². The summed E-state index contributed by atoms with van der Waals surface area (Å²) in [5.41, 5.74) is 5.97. The van der Waals surface area contributed by atoms with Gasteiger partial charge in [0.05, 0.1) is 0 Å². The predicted octanol–water partition coefficient (Wildman–Crippen LogP) is 1.84. The molecule has 0 aromatic heterocycles. The van der Waals surface area contributed by atoms with Crippen molar-refractivity contribution >= 4 is 0 Å². The standard InChI is InChI=1S/C12H24N2/c1-3-12(10-4-5-10)14-7-6-11(8-14)9(2)13/h9-12H,3-8,13H2,1-2H3. The minimum atomic E-state index is 0.386. The molecule has 3 unspecified atom stereocenters. The van der Waals surface area contributed by atoms with Gasteiger partial charge in [0, 0.05) is 18.6 Å². The summed E-state index contributed by atoms with van der Waals surface area (Å²) in [5, 5.41) is 0. The van der Waals surface area contributed by atoms with Crippen LogP contribution in [0.15, 0.2) is 0 Å². The fourth-order valence-electron chi connectivity index (χ4n) is 2.92. The van der Waals surface area contributed by atoms with Crippen molar-refractivity contribution in [2.75, 3.05) is 13.1 Å². The maximum atomic E-state index is 5.97. The Bertz CT molecular complexity index is 187. The van der Waals surface area contributed by atoms with Gasteiger partial charge in [0.15, 0.2) is 0 Å². The van der Waals surface area contributed by atoms with Gasteiger partial charge in [0.2, 0.25) is 0 Å². The van der Waals surface area contributed by atoms with E-state index in [0.717, 1.165) is 17.9 Å². The van der Waals surface area contributed by atoms with Crippen molar-refractivity contribution in [1.29, 1.82) is 0 Å². The average Bonchev–Trinajstić information content (AvgIpc) is 2.84. The molecule has 0 aromatic rings. The van der Waals surface area contributed by atoms with Gasteiger partial charge in [0.1, 0.15) is 0 Å². The van der Waals surface area contributed by atoms with Crippen LogP contribution >= 0.6 is 0 Å². The van der Waals surface area contributed by atoms with Crippen LogP contribution in [0.2, 0.25) is 0 Å². The number of hydrogen-bond acceptors (Lipinski definition) is 2. The lowest BCUT2D eigenvalue weighted by molar-refractivity contribution is 0.202. The zero-order chi connectivity index (χ0) is 10.1. The number of nitrogens with zero attached hydrogens (tertiary/aromatic N) is 1. The third kappa shape index (κ3) is 2.12. The van der Waals surface area contributed by atoms with Crippen molar-refractivity contribution in [3.05, 3.63) is 0 Å². The zero-order valence-electron chi connectivity index (χ0n) is 9.58. The van der Waals surface area contributed by atoms with Crippen molar-refractivity contribution in [3.63, 3.8) is 0 Å². The number of hydrogen-bond donors (Lipinski definition) is 1. The molecule has 2 heteroatoms. The van der Waals surface area contributed by atoms with Crippen molar-refractivity contribution in [1.82, 2.24) is 4.90 Å². The fourth-order valence-corrected chi connectivity index (χ4v) is 2.92. The minimum Gasteiger partial charge on any atom is -0.328 e. The van der Waals surface area contributed by atoms with Gasteiger partial charge in [-0.1, -0.05) is 6.92 Å². The monoisotopic (exact) mass is 196 g/mol. The molecule has 1 saturated carbocycles. The molecule has 1 heterocycles. The summed E-state index contributed by atoms with van der Waals surface area (Å²) in [5.74, 6) is 1.77. The summed E-state index contributed by atoms with van der Waals surface area (Å²) in [6.07, 6.45) is 5.59. The molecule has 0 bridgehead atoms. The van der Waals surface area contributed by atoms with Crippen LogP contribution in [0.1, 0.15) is 39.5 Å². The summed E-state index contributed by atoms with van der Waals surface area (Å²) in [6.45, 7) is 7.04. The molecular weight excluding hydrogens is 172 g/mol. The Morgan fingerprint density at radius 2 is 2.00 bits per heavy atom. The first-order valence-electron chi connectivity index (χ1n) is 6.22. The van der Waals surface area contributed by atoms with E-state index in [2.05, 4.69) is 18.7 Å². The molecule has 0 radical (unpaired) electrons.